The van der Waals surface area contributed by atoms with E-state index in [0.29, 0.717) is 34.2 Å². The van der Waals surface area contributed by atoms with Crippen LogP contribution in [-0.4, -0.2) is 23.9 Å². The lowest BCUT2D eigenvalue weighted by atomic mass is 10.1. The van der Waals surface area contributed by atoms with Crippen molar-refractivity contribution in [2.24, 2.45) is 0 Å². The molecular weight excluding hydrogens is 393 g/mol. The second-order valence-corrected chi connectivity index (χ2v) is 7.68. The van der Waals surface area contributed by atoms with Crippen molar-refractivity contribution < 1.29 is 18.7 Å². The molecule has 4 rings (SSSR count). The van der Waals surface area contributed by atoms with Crippen LogP contribution in [0.2, 0.25) is 0 Å². The second-order valence-electron chi connectivity index (χ2n) is 6.60. The minimum atomic E-state index is -0.402. The van der Waals surface area contributed by atoms with Crippen LogP contribution in [0.3, 0.4) is 0 Å². The first-order valence-electron chi connectivity index (χ1n) is 9.05. The standard InChI is InChI=1S/C21H18FN3O3S/c1-28-15-8-6-14(7-9-15)23-20(27)16-10-11-17-18(16)24-21(29-17)25-19(26)12-2-4-13(22)5-3-12/h2-9,16H,10-11H2,1H3,(H,23,27)(H,24,25,26). The highest BCUT2D eigenvalue weighted by atomic mass is 32.1. The van der Waals surface area contributed by atoms with Gasteiger partial charge in [-0.2, -0.15) is 0 Å². The zero-order valence-electron chi connectivity index (χ0n) is 15.6. The zero-order valence-corrected chi connectivity index (χ0v) is 16.4. The summed E-state index contributed by atoms with van der Waals surface area (Å²) < 4.78 is 18.1. The maximum Gasteiger partial charge on any atom is 0.257 e. The first kappa shape index (κ1) is 19.1. The van der Waals surface area contributed by atoms with Crippen molar-refractivity contribution in [3.05, 3.63) is 70.5 Å². The zero-order chi connectivity index (χ0) is 20.4. The highest BCUT2D eigenvalue weighted by molar-refractivity contribution is 7.16. The third-order valence-electron chi connectivity index (χ3n) is 4.72. The second kappa shape index (κ2) is 8.00. The van der Waals surface area contributed by atoms with Crippen molar-refractivity contribution in [2.75, 3.05) is 17.7 Å². The Balaban J connectivity index is 1.44. The predicted octanol–water partition coefficient (Wildman–Crippen LogP) is 4.21. The van der Waals surface area contributed by atoms with E-state index in [1.54, 1.807) is 31.4 Å². The number of amides is 2. The lowest BCUT2D eigenvalue weighted by Crippen LogP contribution is -2.20. The molecule has 0 aliphatic heterocycles. The van der Waals surface area contributed by atoms with Gasteiger partial charge in [0.25, 0.3) is 5.91 Å². The van der Waals surface area contributed by atoms with Crippen molar-refractivity contribution in [2.45, 2.75) is 18.8 Å². The lowest BCUT2D eigenvalue weighted by Gasteiger charge is -2.11. The van der Waals surface area contributed by atoms with Gasteiger partial charge in [-0.3, -0.25) is 14.9 Å². The number of fused-ring (bicyclic) bond motifs is 1. The monoisotopic (exact) mass is 411 g/mol. The number of hydrogen-bond acceptors (Lipinski definition) is 5. The van der Waals surface area contributed by atoms with Gasteiger partial charge in [0.15, 0.2) is 5.13 Å². The van der Waals surface area contributed by atoms with E-state index in [0.717, 1.165) is 11.3 Å². The number of aryl methyl sites for hydroxylation is 1. The molecule has 1 aliphatic carbocycles. The number of nitrogens with one attached hydrogen (secondary N) is 2. The molecule has 0 saturated carbocycles. The number of rotatable bonds is 5. The van der Waals surface area contributed by atoms with E-state index in [2.05, 4.69) is 15.6 Å². The number of hydrogen-bond donors (Lipinski definition) is 2. The van der Waals surface area contributed by atoms with E-state index in [1.165, 1.54) is 35.6 Å². The molecule has 1 aromatic heterocycles. The third-order valence-corrected chi connectivity index (χ3v) is 5.76. The van der Waals surface area contributed by atoms with E-state index in [1.807, 2.05) is 0 Å². The van der Waals surface area contributed by atoms with Crippen LogP contribution in [-0.2, 0) is 11.2 Å². The van der Waals surface area contributed by atoms with Gasteiger partial charge in [-0.25, -0.2) is 9.37 Å². The molecule has 1 atom stereocenters. The normalized spacial score (nSPS) is 14.9. The Morgan fingerprint density at radius 2 is 1.83 bits per heavy atom. The van der Waals surface area contributed by atoms with Crippen LogP contribution < -0.4 is 15.4 Å². The summed E-state index contributed by atoms with van der Waals surface area (Å²) in [5.41, 5.74) is 1.73. The number of methoxy groups -OCH3 is 1. The molecule has 2 amide bonds. The van der Waals surface area contributed by atoms with Gasteiger partial charge in [0.2, 0.25) is 5.91 Å². The minimum absolute atomic E-state index is 0.129. The van der Waals surface area contributed by atoms with Crippen molar-refractivity contribution in [3.8, 4) is 5.75 Å². The molecule has 148 valence electrons. The van der Waals surface area contributed by atoms with Gasteiger partial charge in [0.05, 0.1) is 18.7 Å². The smallest absolute Gasteiger partial charge is 0.257 e. The van der Waals surface area contributed by atoms with Crippen LogP contribution in [0.25, 0.3) is 0 Å². The van der Waals surface area contributed by atoms with Gasteiger partial charge in [-0.15, -0.1) is 11.3 Å². The summed E-state index contributed by atoms with van der Waals surface area (Å²) in [6.45, 7) is 0. The van der Waals surface area contributed by atoms with Crippen molar-refractivity contribution in [1.29, 1.82) is 0 Å². The van der Waals surface area contributed by atoms with Crippen LogP contribution >= 0.6 is 11.3 Å². The maximum atomic E-state index is 13.0. The first-order valence-corrected chi connectivity index (χ1v) is 9.86. The van der Waals surface area contributed by atoms with Crippen molar-refractivity contribution in [3.63, 3.8) is 0 Å². The molecule has 29 heavy (non-hydrogen) atoms. The van der Waals surface area contributed by atoms with Gasteiger partial charge in [0, 0.05) is 16.1 Å². The van der Waals surface area contributed by atoms with Crippen LogP contribution in [0.4, 0.5) is 15.2 Å². The van der Waals surface area contributed by atoms with Crippen LogP contribution in [0.1, 0.15) is 33.3 Å². The van der Waals surface area contributed by atoms with Crippen molar-refractivity contribution >= 4 is 34.0 Å². The highest BCUT2D eigenvalue weighted by Gasteiger charge is 2.33. The number of carbonyl (C=O) groups excluding carboxylic acids is 2. The van der Waals surface area contributed by atoms with E-state index in [4.69, 9.17) is 4.74 Å². The summed E-state index contributed by atoms with van der Waals surface area (Å²) in [6, 6.07) is 12.4. The number of halogens is 1. The maximum absolute atomic E-state index is 13.0. The number of benzene rings is 2. The summed E-state index contributed by atoms with van der Waals surface area (Å²) in [5, 5.41) is 6.07. The minimum Gasteiger partial charge on any atom is -0.497 e. The molecular formula is C21H18FN3O3S. The SMILES string of the molecule is COc1ccc(NC(=O)C2CCc3sc(NC(=O)c4ccc(F)cc4)nc32)cc1. The topological polar surface area (TPSA) is 80.3 Å². The number of thiazole rings is 1. The molecule has 8 heteroatoms. The molecule has 0 radical (unpaired) electrons. The van der Waals surface area contributed by atoms with Gasteiger partial charge >= 0.3 is 0 Å². The fourth-order valence-electron chi connectivity index (χ4n) is 3.21. The Labute approximate surface area is 170 Å². The lowest BCUT2D eigenvalue weighted by molar-refractivity contribution is -0.117. The summed E-state index contributed by atoms with van der Waals surface area (Å²) in [5.74, 6) is -0.542. The largest absolute Gasteiger partial charge is 0.497 e. The average Bonchev–Trinajstić information content (AvgIpc) is 3.29. The number of ether oxygens (including phenoxy) is 1. The van der Waals surface area contributed by atoms with Crippen LogP contribution in [0.15, 0.2) is 48.5 Å². The average molecular weight is 411 g/mol. The fourth-order valence-corrected chi connectivity index (χ4v) is 4.24. The van der Waals surface area contributed by atoms with E-state index < -0.39 is 5.82 Å². The summed E-state index contributed by atoms with van der Waals surface area (Å²) >= 11 is 1.37. The van der Waals surface area contributed by atoms with E-state index in [-0.39, 0.29) is 17.7 Å². The Morgan fingerprint density at radius 3 is 2.52 bits per heavy atom. The quantitative estimate of drug-likeness (QED) is 0.659. The Hall–Kier alpha value is -3.26. The Bertz CT molecular complexity index is 1050. The van der Waals surface area contributed by atoms with Crippen LogP contribution in [0, 0.1) is 5.82 Å². The van der Waals surface area contributed by atoms with Gasteiger partial charge in [-0.1, -0.05) is 0 Å². The molecule has 1 aliphatic rings. The number of anilines is 2. The molecule has 1 unspecified atom stereocenters. The third kappa shape index (κ3) is 4.12. The summed E-state index contributed by atoms with van der Waals surface area (Å²) in [6.07, 6.45) is 1.42. The fraction of sp³-hybridized carbons (Fsp3) is 0.190. The molecule has 6 nitrogen and oxygen atoms in total. The summed E-state index contributed by atoms with van der Waals surface area (Å²) in [7, 11) is 1.59. The number of carbonyl (C=O) groups is 2. The highest BCUT2D eigenvalue weighted by Crippen LogP contribution is 2.39. The molecule has 2 aromatic carbocycles. The van der Waals surface area contributed by atoms with Gasteiger partial charge in [0.1, 0.15) is 11.6 Å². The molecule has 1 heterocycles. The van der Waals surface area contributed by atoms with Crippen molar-refractivity contribution in [1.82, 2.24) is 4.98 Å². The molecule has 0 fully saturated rings. The predicted molar refractivity (Wildman–Crippen MR) is 109 cm³/mol. The van der Waals surface area contributed by atoms with Gasteiger partial charge < -0.3 is 10.1 Å². The Morgan fingerprint density at radius 1 is 1.10 bits per heavy atom. The molecule has 0 saturated heterocycles. The number of aromatic nitrogens is 1. The van der Waals surface area contributed by atoms with E-state index in [9.17, 15) is 14.0 Å². The molecule has 0 spiro atoms. The first-order chi connectivity index (χ1) is 14.0. The molecule has 3 aromatic rings. The van der Waals surface area contributed by atoms with Gasteiger partial charge in [-0.05, 0) is 61.4 Å². The number of nitrogens with zero attached hydrogens (tertiary/aromatic N) is 1. The molecule has 2 N–H and O–H groups in total. The molecule has 0 bridgehead atoms. The van der Waals surface area contributed by atoms with Crippen LogP contribution in [0.5, 0.6) is 5.75 Å². The Kier molecular flexibility index (Phi) is 5.26. The van der Waals surface area contributed by atoms with E-state index >= 15 is 0 Å². The summed E-state index contributed by atoms with van der Waals surface area (Å²) in [4.78, 5) is 30.5.